The molecule has 462 valence electrons. The van der Waals surface area contributed by atoms with Crippen molar-refractivity contribution >= 4 is 39.5 Å². The van der Waals surface area contributed by atoms with Crippen molar-refractivity contribution in [2.75, 3.05) is 39.6 Å². The van der Waals surface area contributed by atoms with Crippen molar-refractivity contribution in [3.05, 3.63) is 0 Å². The molecule has 0 amide bonds. The van der Waals surface area contributed by atoms with Gasteiger partial charge in [-0.25, -0.2) is 9.13 Å². The van der Waals surface area contributed by atoms with Crippen LogP contribution in [-0.4, -0.2) is 96.7 Å². The van der Waals surface area contributed by atoms with Crippen LogP contribution in [-0.2, 0) is 65.4 Å². The lowest BCUT2D eigenvalue weighted by Gasteiger charge is -2.21. The molecule has 78 heavy (non-hydrogen) atoms. The number of ether oxygens (including phenoxy) is 4. The van der Waals surface area contributed by atoms with Gasteiger partial charge in [-0.3, -0.25) is 37.3 Å². The molecule has 19 heteroatoms. The van der Waals surface area contributed by atoms with Crippen molar-refractivity contribution in [3.63, 3.8) is 0 Å². The number of unbranched alkanes of at least 4 members (excludes halogenated alkanes) is 28. The predicted molar refractivity (Wildman–Crippen MR) is 308 cm³/mol. The number of esters is 4. The molecule has 0 aliphatic heterocycles. The molecular weight excluding hydrogens is 1040 g/mol. The first-order chi connectivity index (χ1) is 37.4. The Labute approximate surface area is 473 Å². The molecule has 0 aliphatic carbocycles. The zero-order valence-electron chi connectivity index (χ0n) is 50.0. The molecule has 0 saturated heterocycles. The molecule has 0 aromatic heterocycles. The lowest BCUT2D eigenvalue weighted by molar-refractivity contribution is -0.161. The molecular formula is C59H114O17P2. The van der Waals surface area contributed by atoms with Crippen LogP contribution >= 0.6 is 15.6 Å². The Morgan fingerprint density at radius 2 is 0.590 bits per heavy atom. The number of phosphoric ester groups is 2. The highest BCUT2D eigenvalue weighted by molar-refractivity contribution is 7.47. The van der Waals surface area contributed by atoms with Gasteiger partial charge in [-0.05, 0) is 37.5 Å². The summed E-state index contributed by atoms with van der Waals surface area (Å²) in [5, 5.41) is 10.5. The first-order valence-corrected chi connectivity index (χ1v) is 34.0. The van der Waals surface area contributed by atoms with Crippen molar-refractivity contribution in [3.8, 4) is 0 Å². The topological polar surface area (TPSA) is 237 Å². The SMILES string of the molecule is CCCCCCCCCCCCCCC(=O)O[C@H](COC(=O)CCCCCCCCCCC(C)C)COP(=O)(O)OC[C@@H](O)COP(=O)(O)OC[C@@H](COC(=O)CCCCCCC)OC(=O)CCCCCCCCCC(C)C. The molecule has 3 N–H and O–H groups in total. The molecule has 17 nitrogen and oxygen atoms in total. The molecule has 0 fully saturated rings. The minimum absolute atomic E-state index is 0.102. The monoisotopic (exact) mass is 1160 g/mol. The summed E-state index contributed by atoms with van der Waals surface area (Å²) in [6.07, 6.45) is 32.5. The minimum Gasteiger partial charge on any atom is -0.462 e. The van der Waals surface area contributed by atoms with Gasteiger partial charge in [0.25, 0.3) is 0 Å². The number of hydrogen-bond donors (Lipinski definition) is 3. The molecule has 0 bridgehead atoms. The largest absolute Gasteiger partial charge is 0.472 e. The molecule has 2 unspecified atom stereocenters. The summed E-state index contributed by atoms with van der Waals surface area (Å²) in [5.41, 5.74) is 0. The Balaban J connectivity index is 5.19. The lowest BCUT2D eigenvalue weighted by atomic mass is 10.0. The van der Waals surface area contributed by atoms with Crippen LogP contribution in [0.4, 0.5) is 0 Å². The van der Waals surface area contributed by atoms with E-state index in [0.717, 1.165) is 102 Å². The van der Waals surface area contributed by atoms with Crippen LogP contribution in [0.1, 0.15) is 286 Å². The van der Waals surface area contributed by atoms with Crippen LogP contribution in [0.25, 0.3) is 0 Å². The summed E-state index contributed by atoms with van der Waals surface area (Å²) >= 11 is 0. The second-order valence-corrected chi connectivity index (χ2v) is 25.2. The quantitative estimate of drug-likeness (QED) is 0.0222. The van der Waals surface area contributed by atoms with Gasteiger partial charge in [-0.15, -0.1) is 0 Å². The number of carbonyl (C=O) groups excluding carboxylic acids is 4. The Kier molecular flexibility index (Phi) is 50.6. The molecule has 0 aromatic carbocycles. The zero-order valence-corrected chi connectivity index (χ0v) is 51.7. The molecule has 0 radical (unpaired) electrons. The molecule has 0 heterocycles. The maximum Gasteiger partial charge on any atom is 0.472 e. The second kappa shape index (κ2) is 51.9. The third-order valence-electron chi connectivity index (χ3n) is 13.5. The first kappa shape index (κ1) is 76.1. The normalized spacial score (nSPS) is 14.4. The average molecular weight is 1160 g/mol. The Morgan fingerprint density at radius 1 is 0.346 bits per heavy atom. The number of aliphatic hydroxyl groups is 1. The number of phosphoric acid groups is 2. The molecule has 0 rings (SSSR count). The van der Waals surface area contributed by atoms with Crippen LogP contribution < -0.4 is 0 Å². The Morgan fingerprint density at radius 3 is 0.872 bits per heavy atom. The summed E-state index contributed by atoms with van der Waals surface area (Å²) < 4.78 is 67.6. The fraction of sp³-hybridized carbons (Fsp3) is 0.932. The number of aliphatic hydroxyl groups excluding tert-OH is 1. The third-order valence-corrected chi connectivity index (χ3v) is 15.4. The number of carbonyl (C=O) groups is 4. The highest BCUT2D eigenvalue weighted by Gasteiger charge is 2.30. The maximum absolute atomic E-state index is 12.9. The Hall–Kier alpha value is -1.94. The van der Waals surface area contributed by atoms with E-state index in [1.54, 1.807) is 0 Å². The van der Waals surface area contributed by atoms with Crippen molar-refractivity contribution in [1.82, 2.24) is 0 Å². The molecule has 0 aliphatic rings. The van der Waals surface area contributed by atoms with E-state index in [1.165, 1.54) is 96.3 Å². The van der Waals surface area contributed by atoms with Crippen molar-refractivity contribution in [2.24, 2.45) is 11.8 Å². The number of rotatable bonds is 58. The molecule has 0 saturated carbocycles. The fourth-order valence-electron chi connectivity index (χ4n) is 8.65. The molecule has 0 aromatic rings. The van der Waals surface area contributed by atoms with Gasteiger partial charge >= 0.3 is 39.5 Å². The standard InChI is InChI=1S/C59H114O17P2/c1-7-9-11-13-14-15-16-17-18-25-31-37-43-58(63)76-55(48-70-57(62)42-36-30-24-20-19-22-28-33-39-51(3)4)50-74-78(67,68)72-46-53(60)45-71-77(65,66)73-49-54(47-69-56(61)41-35-27-12-10-8-2)75-59(64)44-38-32-26-21-23-29-34-40-52(5)6/h51-55,60H,7-50H2,1-6H3,(H,65,66)(H,67,68)/t53-,54+,55+/m0/s1. The van der Waals surface area contributed by atoms with Gasteiger partial charge in [-0.1, -0.05) is 234 Å². The summed E-state index contributed by atoms with van der Waals surface area (Å²) in [5.74, 6) is -0.730. The molecule has 5 atom stereocenters. The predicted octanol–water partition coefficient (Wildman–Crippen LogP) is 15.7. The van der Waals surface area contributed by atoms with E-state index in [-0.39, 0.29) is 25.7 Å². The molecule has 0 spiro atoms. The van der Waals surface area contributed by atoms with Crippen LogP contribution in [0.15, 0.2) is 0 Å². The summed E-state index contributed by atoms with van der Waals surface area (Å²) in [6.45, 7) is 9.26. The summed E-state index contributed by atoms with van der Waals surface area (Å²) in [4.78, 5) is 71.7. The van der Waals surface area contributed by atoms with E-state index in [4.69, 9.17) is 37.0 Å². The number of hydrogen-bond acceptors (Lipinski definition) is 15. The van der Waals surface area contributed by atoms with E-state index < -0.39 is 97.5 Å². The van der Waals surface area contributed by atoms with Crippen molar-refractivity contribution in [2.45, 2.75) is 304 Å². The van der Waals surface area contributed by atoms with E-state index >= 15 is 0 Å². The van der Waals surface area contributed by atoms with Gasteiger partial charge in [0.05, 0.1) is 26.4 Å². The first-order valence-electron chi connectivity index (χ1n) is 31.0. The average Bonchev–Trinajstić information content (AvgIpc) is 3.39. The van der Waals surface area contributed by atoms with Gasteiger partial charge in [0, 0.05) is 25.7 Å². The fourth-order valence-corrected chi connectivity index (χ4v) is 10.2. The van der Waals surface area contributed by atoms with Crippen LogP contribution in [0.3, 0.4) is 0 Å². The van der Waals surface area contributed by atoms with Crippen LogP contribution in [0.2, 0.25) is 0 Å². The maximum atomic E-state index is 12.9. The highest BCUT2D eigenvalue weighted by Crippen LogP contribution is 2.45. The lowest BCUT2D eigenvalue weighted by Crippen LogP contribution is -2.30. The van der Waals surface area contributed by atoms with Gasteiger partial charge in [-0.2, -0.15) is 0 Å². The second-order valence-electron chi connectivity index (χ2n) is 22.3. The van der Waals surface area contributed by atoms with E-state index in [9.17, 15) is 43.2 Å². The smallest absolute Gasteiger partial charge is 0.462 e. The van der Waals surface area contributed by atoms with E-state index in [2.05, 4.69) is 41.5 Å². The summed E-state index contributed by atoms with van der Waals surface area (Å²) in [7, 11) is -9.87. The van der Waals surface area contributed by atoms with E-state index in [1.807, 2.05) is 0 Å². The van der Waals surface area contributed by atoms with Gasteiger partial charge in [0.15, 0.2) is 12.2 Å². The van der Waals surface area contributed by atoms with Gasteiger partial charge < -0.3 is 33.8 Å². The van der Waals surface area contributed by atoms with Crippen LogP contribution in [0, 0.1) is 11.8 Å². The zero-order chi connectivity index (χ0) is 58.0. The van der Waals surface area contributed by atoms with Crippen molar-refractivity contribution in [1.29, 1.82) is 0 Å². The van der Waals surface area contributed by atoms with E-state index in [0.29, 0.717) is 31.6 Å². The third kappa shape index (κ3) is 53.4. The highest BCUT2D eigenvalue weighted by atomic mass is 31.2. The van der Waals surface area contributed by atoms with Crippen molar-refractivity contribution < 1.29 is 80.2 Å². The Bertz CT molecular complexity index is 1550. The van der Waals surface area contributed by atoms with Gasteiger partial charge in [0.2, 0.25) is 0 Å². The van der Waals surface area contributed by atoms with Gasteiger partial charge in [0.1, 0.15) is 19.3 Å². The summed E-state index contributed by atoms with van der Waals surface area (Å²) in [6, 6.07) is 0. The minimum atomic E-state index is -4.94. The van der Waals surface area contributed by atoms with Crippen LogP contribution in [0.5, 0.6) is 0 Å².